The van der Waals surface area contributed by atoms with Gasteiger partial charge < -0.3 is 0 Å². The minimum Gasteiger partial charge on any atom is -0.0654 e. The lowest BCUT2D eigenvalue weighted by Gasteiger charge is -2.17. The highest BCUT2D eigenvalue weighted by atomic mass is 14.2. The first-order valence-electron chi connectivity index (χ1n) is 9.33. The molecule has 0 saturated carbocycles. The molecule has 2 rings (SSSR count). The van der Waals surface area contributed by atoms with Gasteiger partial charge in [0, 0.05) is 0 Å². The number of benzene rings is 2. The van der Waals surface area contributed by atoms with Gasteiger partial charge in [-0.2, -0.15) is 0 Å². The van der Waals surface area contributed by atoms with Gasteiger partial charge in [-0.15, -0.1) is 0 Å². The molecule has 0 saturated heterocycles. The van der Waals surface area contributed by atoms with Gasteiger partial charge in [0.05, 0.1) is 0 Å². The molecule has 0 aliphatic heterocycles. The molecule has 1 unspecified atom stereocenters. The maximum absolute atomic E-state index is 2.42. The van der Waals surface area contributed by atoms with Crippen molar-refractivity contribution in [2.45, 2.75) is 77.6 Å². The molecule has 0 nitrogen and oxygen atoms in total. The Bertz CT molecular complexity index is 540. The van der Waals surface area contributed by atoms with Crippen LogP contribution in [0.1, 0.15) is 83.1 Å². The second kappa shape index (κ2) is 9.66. The summed E-state index contributed by atoms with van der Waals surface area (Å²) in [5.74, 6) is 0.751. The van der Waals surface area contributed by atoms with Crippen molar-refractivity contribution in [3.05, 3.63) is 48.0 Å². The molecule has 0 aromatic heterocycles. The summed E-state index contributed by atoms with van der Waals surface area (Å²) in [6, 6.07) is 15.8. The predicted molar refractivity (Wildman–Crippen MR) is 99.6 cm³/mol. The third kappa shape index (κ3) is 5.16. The molecule has 0 amide bonds. The number of hydrogen-bond acceptors (Lipinski definition) is 0. The Hall–Kier alpha value is -1.30. The normalized spacial score (nSPS) is 12.6. The number of unbranched alkanes of at least 4 members (excludes halogenated alkanes) is 5. The lowest BCUT2D eigenvalue weighted by atomic mass is 9.88. The SMILES string of the molecule is CCCCCCCCC(CCC)c1ccc2ccccc2c1. The molecule has 2 aromatic rings. The molecule has 22 heavy (non-hydrogen) atoms. The van der Waals surface area contributed by atoms with E-state index >= 15 is 0 Å². The summed E-state index contributed by atoms with van der Waals surface area (Å²) in [6.45, 7) is 4.60. The molecule has 0 heterocycles. The van der Waals surface area contributed by atoms with Crippen LogP contribution in [-0.4, -0.2) is 0 Å². The van der Waals surface area contributed by atoms with Crippen molar-refractivity contribution in [2.75, 3.05) is 0 Å². The second-order valence-corrected chi connectivity index (χ2v) is 6.65. The zero-order valence-electron chi connectivity index (χ0n) is 14.5. The largest absolute Gasteiger partial charge is 0.0654 e. The van der Waals surface area contributed by atoms with Crippen LogP contribution < -0.4 is 0 Å². The van der Waals surface area contributed by atoms with Crippen molar-refractivity contribution in [1.82, 2.24) is 0 Å². The van der Waals surface area contributed by atoms with E-state index in [2.05, 4.69) is 56.3 Å². The highest BCUT2D eigenvalue weighted by molar-refractivity contribution is 5.83. The summed E-state index contributed by atoms with van der Waals surface area (Å²) in [4.78, 5) is 0. The van der Waals surface area contributed by atoms with E-state index in [0.717, 1.165) is 5.92 Å². The molecule has 2 aromatic carbocycles. The molecule has 1 atom stereocenters. The van der Waals surface area contributed by atoms with Gasteiger partial charge in [0.1, 0.15) is 0 Å². The van der Waals surface area contributed by atoms with Crippen LogP contribution in [0.15, 0.2) is 42.5 Å². The number of rotatable bonds is 10. The third-order valence-electron chi connectivity index (χ3n) is 4.79. The number of fused-ring (bicyclic) bond motifs is 1. The highest BCUT2D eigenvalue weighted by Gasteiger charge is 2.11. The fourth-order valence-electron chi connectivity index (χ4n) is 3.46. The van der Waals surface area contributed by atoms with Gasteiger partial charge in [-0.25, -0.2) is 0 Å². The monoisotopic (exact) mass is 296 g/mol. The van der Waals surface area contributed by atoms with E-state index in [1.54, 1.807) is 5.56 Å². The van der Waals surface area contributed by atoms with Crippen molar-refractivity contribution in [3.8, 4) is 0 Å². The van der Waals surface area contributed by atoms with Crippen molar-refractivity contribution < 1.29 is 0 Å². The van der Waals surface area contributed by atoms with Crippen molar-refractivity contribution in [2.24, 2.45) is 0 Å². The van der Waals surface area contributed by atoms with Gasteiger partial charge in [0.25, 0.3) is 0 Å². The molecule has 0 fully saturated rings. The Morgan fingerprint density at radius 2 is 1.41 bits per heavy atom. The molecule has 0 spiro atoms. The summed E-state index contributed by atoms with van der Waals surface area (Å²) in [5, 5.41) is 2.75. The summed E-state index contributed by atoms with van der Waals surface area (Å²) in [6.07, 6.45) is 12.4. The smallest absolute Gasteiger partial charge is 0.0162 e. The van der Waals surface area contributed by atoms with Crippen LogP contribution in [0.4, 0.5) is 0 Å². The van der Waals surface area contributed by atoms with E-state index in [9.17, 15) is 0 Å². The fraction of sp³-hybridized carbons (Fsp3) is 0.545. The standard InChI is InChI=1S/C22H32/c1-3-5-6-7-8-9-13-19(12-4-2)22-17-16-20-14-10-11-15-21(20)18-22/h10-11,14-19H,3-9,12-13H2,1-2H3. The van der Waals surface area contributed by atoms with E-state index in [-0.39, 0.29) is 0 Å². The first-order valence-corrected chi connectivity index (χ1v) is 9.33. The van der Waals surface area contributed by atoms with Crippen molar-refractivity contribution in [1.29, 1.82) is 0 Å². The van der Waals surface area contributed by atoms with Crippen molar-refractivity contribution >= 4 is 10.8 Å². The average molecular weight is 296 g/mol. The molecule has 0 N–H and O–H groups in total. The molecule has 0 aliphatic carbocycles. The first-order chi connectivity index (χ1) is 10.8. The summed E-state index contributed by atoms with van der Waals surface area (Å²) >= 11 is 0. The Balaban J connectivity index is 1.93. The van der Waals surface area contributed by atoms with Crippen LogP contribution in [0.25, 0.3) is 10.8 Å². The highest BCUT2D eigenvalue weighted by Crippen LogP contribution is 2.29. The first kappa shape index (κ1) is 17.1. The average Bonchev–Trinajstić information content (AvgIpc) is 2.56. The van der Waals surface area contributed by atoms with Crippen molar-refractivity contribution in [3.63, 3.8) is 0 Å². The van der Waals surface area contributed by atoms with E-state index < -0.39 is 0 Å². The molecular formula is C22H32. The maximum atomic E-state index is 2.42. The topological polar surface area (TPSA) is 0 Å². The van der Waals surface area contributed by atoms with Crippen LogP contribution in [-0.2, 0) is 0 Å². The minimum absolute atomic E-state index is 0.751. The zero-order valence-corrected chi connectivity index (χ0v) is 14.5. The molecule has 0 heteroatoms. The molecule has 0 bridgehead atoms. The van der Waals surface area contributed by atoms with E-state index in [4.69, 9.17) is 0 Å². The molecular weight excluding hydrogens is 264 g/mol. The van der Waals surface area contributed by atoms with Gasteiger partial charge >= 0.3 is 0 Å². The predicted octanol–water partition coefficient (Wildman–Crippen LogP) is 7.47. The van der Waals surface area contributed by atoms with Gasteiger partial charge in [-0.3, -0.25) is 0 Å². The van der Waals surface area contributed by atoms with Gasteiger partial charge in [-0.1, -0.05) is 101 Å². The Morgan fingerprint density at radius 3 is 2.18 bits per heavy atom. The number of hydrogen-bond donors (Lipinski definition) is 0. The Morgan fingerprint density at radius 1 is 0.682 bits per heavy atom. The fourth-order valence-corrected chi connectivity index (χ4v) is 3.46. The quantitative estimate of drug-likeness (QED) is 0.399. The van der Waals surface area contributed by atoms with Crippen LogP contribution in [0, 0.1) is 0 Å². The van der Waals surface area contributed by atoms with E-state index in [0.29, 0.717) is 0 Å². The summed E-state index contributed by atoms with van der Waals surface area (Å²) in [7, 11) is 0. The molecule has 0 aliphatic rings. The van der Waals surface area contributed by atoms with Crippen LogP contribution >= 0.6 is 0 Å². The van der Waals surface area contributed by atoms with Crippen LogP contribution in [0.3, 0.4) is 0 Å². The van der Waals surface area contributed by atoms with Gasteiger partial charge in [0.15, 0.2) is 0 Å². The molecule has 120 valence electrons. The Kier molecular flexibility index (Phi) is 7.49. The Labute approximate surface area is 136 Å². The van der Waals surface area contributed by atoms with Gasteiger partial charge in [-0.05, 0) is 35.1 Å². The summed E-state index contributed by atoms with van der Waals surface area (Å²) in [5.41, 5.74) is 1.55. The third-order valence-corrected chi connectivity index (χ3v) is 4.79. The van der Waals surface area contributed by atoms with Crippen LogP contribution in [0.2, 0.25) is 0 Å². The summed E-state index contributed by atoms with van der Waals surface area (Å²) < 4.78 is 0. The zero-order chi connectivity index (χ0) is 15.6. The second-order valence-electron chi connectivity index (χ2n) is 6.65. The van der Waals surface area contributed by atoms with E-state index in [1.165, 1.54) is 68.6 Å². The lowest BCUT2D eigenvalue weighted by molar-refractivity contribution is 0.512. The van der Waals surface area contributed by atoms with Crippen LogP contribution in [0.5, 0.6) is 0 Å². The van der Waals surface area contributed by atoms with Gasteiger partial charge in [0.2, 0.25) is 0 Å². The molecule has 0 radical (unpaired) electrons. The van der Waals surface area contributed by atoms with E-state index in [1.807, 2.05) is 0 Å². The minimum atomic E-state index is 0.751. The lowest BCUT2D eigenvalue weighted by Crippen LogP contribution is -1.99. The maximum Gasteiger partial charge on any atom is -0.0162 e.